The van der Waals surface area contributed by atoms with Gasteiger partial charge in [-0.05, 0) is 55.5 Å². The molecule has 2 heterocycles. The average Bonchev–Trinajstić information content (AvgIpc) is 3.17. The molecule has 2 aromatic heterocycles. The van der Waals surface area contributed by atoms with E-state index in [1.165, 1.54) is 19.4 Å². The number of methoxy groups -OCH3 is 1. The minimum atomic E-state index is -0.684. The van der Waals surface area contributed by atoms with E-state index < -0.39 is 5.97 Å². The smallest absolute Gasteiger partial charge is 0.379 e. The summed E-state index contributed by atoms with van der Waals surface area (Å²) in [6.45, 7) is 0. The fraction of sp³-hybridized carbons (Fsp3) is 0.263. The molecule has 6 nitrogen and oxygen atoms in total. The summed E-state index contributed by atoms with van der Waals surface area (Å²) in [5.41, 5.74) is 1.53. The van der Waals surface area contributed by atoms with Gasteiger partial charge in [0.05, 0.1) is 13.4 Å². The lowest BCUT2D eigenvalue weighted by Crippen LogP contribution is -2.16. The number of carbonyl (C=O) groups is 1. The summed E-state index contributed by atoms with van der Waals surface area (Å²) in [5, 5.41) is 0.775. The number of fused-ring (bicyclic) bond motifs is 3. The molecule has 4 rings (SSSR count). The van der Waals surface area contributed by atoms with E-state index in [-0.39, 0.29) is 22.7 Å². The van der Waals surface area contributed by atoms with Crippen molar-refractivity contribution in [3.05, 3.63) is 57.8 Å². The Hall–Kier alpha value is -3.02. The first kappa shape index (κ1) is 15.5. The maximum Gasteiger partial charge on any atom is 0.379 e. The summed E-state index contributed by atoms with van der Waals surface area (Å²) < 4.78 is 21.3. The van der Waals surface area contributed by atoms with Crippen LogP contribution >= 0.6 is 0 Å². The number of hydrogen-bond donors (Lipinski definition) is 0. The summed E-state index contributed by atoms with van der Waals surface area (Å²) >= 11 is 0. The highest BCUT2D eigenvalue weighted by molar-refractivity contribution is 5.94. The maximum atomic E-state index is 12.4. The molecule has 0 spiro atoms. The van der Waals surface area contributed by atoms with Crippen molar-refractivity contribution in [2.24, 2.45) is 0 Å². The zero-order valence-electron chi connectivity index (χ0n) is 13.7. The van der Waals surface area contributed by atoms with E-state index >= 15 is 0 Å². The highest BCUT2D eigenvalue weighted by atomic mass is 16.6. The Labute approximate surface area is 143 Å². The van der Waals surface area contributed by atoms with E-state index in [0.717, 1.165) is 30.2 Å². The number of ether oxygens (including phenoxy) is 2. The van der Waals surface area contributed by atoms with E-state index in [4.69, 9.17) is 18.3 Å². The Balaban J connectivity index is 1.91. The van der Waals surface area contributed by atoms with Crippen molar-refractivity contribution in [2.75, 3.05) is 7.11 Å². The third-order valence-corrected chi connectivity index (χ3v) is 4.45. The molecule has 3 aromatic rings. The van der Waals surface area contributed by atoms with E-state index in [2.05, 4.69) is 0 Å². The second-order valence-corrected chi connectivity index (χ2v) is 5.89. The molecule has 128 valence electrons. The van der Waals surface area contributed by atoms with Gasteiger partial charge in [0, 0.05) is 10.9 Å². The summed E-state index contributed by atoms with van der Waals surface area (Å²) in [6, 6.07) is 6.64. The minimum absolute atomic E-state index is 0.0550. The topological polar surface area (TPSA) is 78.9 Å². The number of hydrogen-bond acceptors (Lipinski definition) is 6. The molecule has 1 aromatic carbocycles. The van der Waals surface area contributed by atoms with Gasteiger partial charge >= 0.3 is 11.6 Å². The first-order chi connectivity index (χ1) is 12.2. The lowest BCUT2D eigenvalue weighted by Gasteiger charge is -2.18. The zero-order valence-corrected chi connectivity index (χ0v) is 13.7. The lowest BCUT2D eigenvalue weighted by atomic mass is 9.90. The van der Waals surface area contributed by atoms with Gasteiger partial charge in [0.15, 0.2) is 11.3 Å². The fourth-order valence-electron chi connectivity index (χ4n) is 3.26. The SMILES string of the molecule is COc1ccc2c3c(c(=O)oc2c1OC(=O)c1ccco1)CCCC3. The van der Waals surface area contributed by atoms with Crippen LogP contribution in [0.25, 0.3) is 11.0 Å². The van der Waals surface area contributed by atoms with Gasteiger partial charge in [-0.3, -0.25) is 0 Å². The number of furan rings is 1. The van der Waals surface area contributed by atoms with Crippen LogP contribution in [0.15, 0.2) is 44.2 Å². The van der Waals surface area contributed by atoms with E-state index in [1.54, 1.807) is 12.1 Å². The molecule has 6 heteroatoms. The summed E-state index contributed by atoms with van der Waals surface area (Å²) in [7, 11) is 1.46. The molecule has 0 fully saturated rings. The Morgan fingerprint density at radius 3 is 2.64 bits per heavy atom. The van der Waals surface area contributed by atoms with Crippen LogP contribution in [-0.4, -0.2) is 13.1 Å². The van der Waals surface area contributed by atoms with Crippen molar-refractivity contribution in [1.82, 2.24) is 0 Å². The molecule has 0 unspecified atom stereocenters. The van der Waals surface area contributed by atoms with Crippen LogP contribution in [0.4, 0.5) is 0 Å². The van der Waals surface area contributed by atoms with Crippen LogP contribution < -0.4 is 15.1 Å². The largest absolute Gasteiger partial charge is 0.493 e. The van der Waals surface area contributed by atoms with Gasteiger partial charge in [-0.2, -0.15) is 0 Å². The quantitative estimate of drug-likeness (QED) is 0.412. The average molecular weight is 340 g/mol. The van der Waals surface area contributed by atoms with Crippen LogP contribution in [0.2, 0.25) is 0 Å². The highest BCUT2D eigenvalue weighted by Gasteiger charge is 2.24. The number of aryl methyl sites for hydroxylation is 1. The van der Waals surface area contributed by atoms with E-state index in [0.29, 0.717) is 17.7 Å². The molecule has 25 heavy (non-hydrogen) atoms. The summed E-state index contributed by atoms with van der Waals surface area (Å²) in [5.74, 6) is -0.228. The molecule has 1 aliphatic rings. The second kappa shape index (κ2) is 6.12. The van der Waals surface area contributed by atoms with Crippen molar-refractivity contribution >= 4 is 16.9 Å². The highest BCUT2D eigenvalue weighted by Crippen LogP contribution is 2.38. The van der Waals surface area contributed by atoms with E-state index in [9.17, 15) is 9.59 Å². The lowest BCUT2D eigenvalue weighted by molar-refractivity contribution is 0.0696. The fourth-order valence-corrected chi connectivity index (χ4v) is 3.26. The Morgan fingerprint density at radius 1 is 1.12 bits per heavy atom. The van der Waals surface area contributed by atoms with Crippen molar-refractivity contribution in [1.29, 1.82) is 0 Å². The molecule has 0 N–H and O–H groups in total. The molecular weight excluding hydrogens is 324 g/mol. The number of esters is 1. The third-order valence-electron chi connectivity index (χ3n) is 4.45. The molecule has 0 bridgehead atoms. The van der Waals surface area contributed by atoms with E-state index in [1.807, 2.05) is 6.07 Å². The van der Waals surface area contributed by atoms with Gasteiger partial charge in [0.2, 0.25) is 11.5 Å². The first-order valence-corrected chi connectivity index (χ1v) is 8.10. The normalized spacial score (nSPS) is 13.5. The second-order valence-electron chi connectivity index (χ2n) is 5.89. The van der Waals surface area contributed by atoms with Crippen LogP contribution in [0.5, 0.6) is 11.5 Å². The predicted octanol–water partition coefficient (Wildman–Crippen LogP) is 3.49. The molecule has 1 aliphatic carbocycles. The van der Waals surface area contributed by atoms with Crippen LogP contribution in [0.3, 0.4) is 0 Å². The Bertz CT molecular complexity index is 997. The molecule has 0 saturated carbocycles. The molecule has 0 atom stereocenters. The van der Waals surface area contributed by atoms with Crippen molar-refractivity contribution in [2.45, 2.75) is 25.7 Å². The monoisotopic (exact) mass is 340 g/mol. The van der Waals surface area contributed by atoms with Crippen molar-refractivity contribution in [3.8, 4) is 11.5 Å². The minimum Gasteiger partial charge on any atom is -0.493 e. The van der Waals surface area contributed by atoms with Gasteiger partial charge < -0.3 is 18.3 Å². The van der Waals surface area contributed by atoms with Crippen molar-refractivity contribution < 1.29 is 23.1 Å². The van der Waals surface area contributed by atoms with Gasteiger partial charge in [0.25, 0.3) is 0 Å². The van der Waals surface area contributed by atoms with Crippen LogP contribution in [0.1, 0.15) is 34.5 Å². The maximum absolute atomic E-state index is 12.4. The van der Waals surface area contributed by atoms with Gasteiger partial charge in [0.1, 0.15) is 0 Å². The summed E-state index contributed by atoms with van der Waals surface area (Å²) in [4.78, 5) is 24.6. The molecule has 0 radical (unpaired) electrons. The molecule has 0 saturated heterocycles. The van der Waals surface area contributed by atoms with Gasteiger partial charge in [-0.15, -0.1) is 0 Å². The summed E-state index contributed by atoms with van der Waals surface area (Å²) in [6.07, 6.45) is 4.88. The van der Waals surface area contributed by atoms with Crippen LogP contribution in [-0.2, 0) is 12.8 Å². The Kier molecular flexibility index (Phi) is 3.80. The standard InChI is InChI=1S/C19H16O6/c1-22-14-9-8-12-11-5-2-3-6-13(11)18(20)24-16(12)17(14)25-19(21)15-7-4-10-23-15/h4,7-10H,2-3,5-6H2,1H3. The van der Waals surface area contributed by atoms with Gasteiger partial charge in [-0.25, -0.2) is 9.59 Å². The number of rotatable bonds is 3. The third kappa shape index (κ3) is 2.59. The Morgan fingerprint density at radius 2 is 1.92 bits per heavy atom. The molecule has 0 aliphatic heterocycles. The predicted molar refractivity (Wildman–Crippen MR) is 89.3 cm³/mol. The molecular formula is C19H16O6. The number of carbonyl (C=O) groups excluding carboxylic acids is 1. The number of benzene rings is 1. The molecule has 0 amide bonds. The van der Waals surface area contributed by atoms with Crippen molar-refractivity contribution in [3.63, 3.8) is 0 Å². The zero-order chi connectivity index (χ0) is 17.4. The van der Waals surface area contributed by atoms with Gasteiger partial charge in [-0.1, -0.05) is 0 Å². The first-order valence-electron chi connectivity index (χ1n) is 8.10. The van der Waals surface area contributed by atoms with Crippen LogP contribution in [0, 0.1) is 0 Å².